The fraction of sp³-hybridized carbons (Fsp3) is 0.250. The van der Waals surface area contributed by atoms with Crippen LogP contribution in [0.15, 0.2) is 36.5 Å². The summed E-state index contributed by atoms with van der Waals surface area (Å²) in [5.74, 6) is -0.825. The third kappa shape index (κ3) is 4.25. The molecule has 0 saturated carbocycles. The number of carbonyl (C=O) groups is 1. The van der Waals surface area contributed by atoms with Crippen LogP contribution in [0.4, 0.5) is 10.2 Å². The monoisotopic (exact) mass is 333 g/mol. The second kappa shape index (κ2) is 7.49. The van der Waals surface area contributed by atoms with Crippen molar-refractivity contribution in [2.45, 2.75) is 26.5 Å². The van der Waals surface area contributed by atoms with Gasteiger partial charge in [0.05, 0.1) is 0 Å². The van der Waals surface area contributed by atoms with E-state index in [1.807, 2.05) is 0 Å². The minimum atomic E-state index is -0.661. The molecule has 0 radical (unpaired) electrons. The number of esters is 1. The van der Waals surface area contributed by atoms with Crippen molar-refractivity contribution < 1.29 is 18.8 Å². The van der Waals surface area contributed by atoms with Crippen LogP contribution in [-0.2, 0) is 16.1 Å². The summed E-state index contributed by atoms with van der Waals surface area (Å²) in [5.41, 5.74) is 0.267. The molecule has 0 bridgehead atoms. The van der Waals surface area contributed by atoms with Crippen molar-refractivity contribution in [3.05, 3.63) is 63.9 Å². The van der Waals surface area contributed by atoms with E-state index in [1.54, 1.807) is 26.0 Å². The van der Waals surface area contributed by atoms with E-state index in [0.29, 0.717) is 5.82 Å². The van der Waals surface area contributed by atoms with E-state index in [0.717, 1.165) is 12.3 Å². The molecule has 1 unspecified atom stereocenters. The van der Waals surface area contributed by atoms with Gasteiger partial charge in [0.15, 0.2) is 5.82 Å². The number of rotatable bonds is 6. The Balaban J connectivity index is 1.99. The summed E-state index contributed by atoms with van der Waals surface area (Å²) in [6.07, 6.45) is 2.97. The summed E-state index contributed by atoms with van der Waals surface area (Å²) in [6, 6.07) is 6.01. The number of benzene rings is 1. The van der Waals surface area contributed by atoms with Crippen LogP contribution >= 0.6 is 0 Å². The molecule has 0 N–H and O–H groups in total. The molecule has 1 aromatic carbocycles. The van der Waals surface area contributed by atoms with Gasteiger partial charge in [0.25, 0.3) is 0 Å². The van der Waals surface area contributed by atoms with Gasteiger partial charge in [0.1, 0.15) is 24.7 Å². The summed E-state index contributed by atoms with van der Waals surface area (Å²) >= 11 is 0. The fourth-order valence-electron chi connectivity index (χ4n) is 2.13. The molecule has 0 aliphatic carbocycles. The first kappa shape index (κ1) is 17.3. The first-order valence-electron chi connectivity index (χ1n) is 7.18. The van der Waals surface area contributed by atoms with Gasteiger partial charge >= 0.3 is 11.8 Å². The van der Waals surface area contributed by atoms with E-state index in [9.17, 15) is 19.3 Å². The number of hydrogen-bond donors (Lipinski definition) is 0. The van der Waals surface area contributed by atoms with Crippen molar-refractivity contribution in [3.8, 4) is 0 Å². The lowest BCUT2D eigenvalue weighted by molar-refractivity contribution is -0.392. The SMILES string of the molecule is Cc1ncc([N+](=O)[O-])n1CC(C)OC(=O)/C=C/c1ccccc1F. The molecule has 0 aliphatic rings. The van der Waals surface area contributed by atoms with Crippen molar-refractivity contribution in [1.29, 1.82) is 0 Å². The molecule has 0 saturated heterocycles. The largest absolute Gasteiger partial charge is 0.455 e. The first-order valence-corrected chi connectivity index (χ1v) is 7.18. The Hall–Kier alpha value is -3.03. The normalized spacial score (nSPS) is 12.3. The average Bonchev–Trinajstić information content (AvgIpc) is 2.87. The molecule has 0 spiro atoms. The van der Waals surface area contributed by atoms with Crippen molar-refractivity contribution in [1.82, 2.24) is 9.55 Å². The molecule has 1 atom stereocenters. The van der Waals surface area contributed by atoms with Crippen LogP contribution in [0, 0.1) is 22.9 Å². The third-order valence-corrected chi connectivity index (χ3v) is 3.28. The topological polar surface area (TPSA) is 87.3 Å². The highest BCUT2D eigenvalue weighted by molar-refractivity contribution is 5.87. The minimum absolute atomic E-state index is 0.0986. The molecule has 8 heteroatoms. The maximum atomic E-state index is 13.4. The highest BCUT2D eigenvalue weighted by Crippen LogP contribution is 2.15. The maximum absolute atomic E-state index is 13.4. The first-order chi connectivity index (χ1) is 11.4. The Morgan fingerprint density at radius 2 is 2.21 bits per heavy atom. The van der Waals surface area contributed by atoms with Crippen LogP contribution in [0.3, 0.4) is 0 Å². The van der Waals surface area contributed by atoms with Gasteiger partial charge in [-0.15, -0.1) is 0 Å². The van der Waals surface area contributed by atoms with E-state index < -0.39 is 22.8 Å². The van der Waals surface area contributed by atoms with Crippen molar-refractivity contribution >= 4 is 17.9 Å². The molecule has 24 heavy (non-hydrogen) atoms. The molecular formula is C16H16FN3O4. The fourth-order valence-corrected chi connectivity index (χ4v) is 2.13. The van der Waals surface area contributed by atoms with Crippen LogP contribution in [-0.4, -0.2) is 26.5 Å². The van der Waals surface area contributed by atoms with Crippen LogP contribution in [0.5, 0.6) is 0 Å². The molecule has 1 aromatic heterocycles. The Kier molecular flexibility index (Phi) is 5.41. The Labute approximate surface area is 137 Å². The molecule has 1 heterocycles. The van der Waals surface area contributed by atoms with Crippen LogP contribution in [0.1, 0.15) is 18.3 Å². The smallest absolute Gasteiger partial charge is 0.342 e. The summed E-state index contributed by atoms with van der Waals surface area (Å²) in [5, 5.41) is 10.9. The summed E-state index contributed by atoms with van der Waals surface area (Å²) in [4.78, 5) is 26.0. The molecular weight excluding hydrogens is 317 g/mol. The number of halogens is 1. The number of imidazole rings is 1. The lowest BCUT2D eigenvalue weighted by atomic mass is 10.2. The third-order valence-electron chi connectivity index (χ3n) is 3.28. The van der Waals surface area contributed by atoms with Gasteiger partial charge in [0, 0.05) is 18.6 Å². The number of hydrogen-bond acceptors (Lipinski definition) is 5. The predicted octanol–water partition coefficient (Wildman–Crippen LogP) is 2.88. The average molecular weight is 333 g/mol. The zero-order valence-electron chi connectivity index (χ0n) is 13.2. The van der Waals surface area contributed by atoms with Gasteiger partial charge in [-0.25, -0.2) is 18.7 Å². The molecule has 0 fully saturated rings. The van der Waals surface area contributed by atoms with E-state index in [1.165, 1.54) is 22.8 Å². The Morgan fingerprint density at radius 1 is 1.50 bits per heavy atom. The van der Waals surface area contributed by atoms with Gasteiger partial charge in [-0.2, -0.15) is 0 Å². The lowest BCUT2D eigenvalue weighted by Crippen LogP contribution is -2.21. The van der Waals surface area contributed by atoms with Gasteiger partial charge in [-0.1, -0.05) is 18.2 Å². The predicted molar refractivity (Wildman–Crippen MR) is 84.6 cm³/mol. The Bertz CT molecular complexity index is 785. The maximum Gasteiger partial charge on any atom is 0.342 e. The van der Waals surface area contributed by atoms with Gasteiger partial charge < -0.3 is 14.9 Å². The summed E-state index contributed by atoms with van der Waals surface area (Å²) in [6.45, 7) is 3.33. The minimum Gasteiger partial charge on any atom is -0.455 e. The quantitative estimate of drug-likeness (QED) is 0.351. The zero-order chi connectivity index (χ0) is 17.7. The van der Waals surface area contributed by atoms with Crippen molar-refractivity contribution in [3.63, 3.8) is 0 Å². The zero-order valence-corrected chi connectivity index (χ0v) is 13.2. The molecule has 0 amide bonds. The molecule has 2 rings (SSSR count). The standard InChI is InChI=1S/C16H16FN3O4/c1-11(10-19-12(2)18-9-15(19)20(22)23)24-16(21)8-7-13-5-3-4-6-14(13)17/h3-9,11H,10H2,1-2H3/b8-7+. The lowest BCUT2D eigenvalue weighted by Gasteiger charge is -2.11. The second-order valence-corrected chi connectivity index (χ2v) is 5.13. The number of nitro groups is 1. The van der Waals surface area contributed by atoms with Crippen LogP contribution in [0.25, 0.3) is 6.08 Å². The van der Waals surface area contributed by atoms with Crippen molar-refractivity contribution in [2.75, 3.05) is 0 Å². The van der Waals surface area contributed by atoms with E-state index >= 15 is 0 Å². The van der Waals surface area contributed by atoms with Gasteiger partial charge in [0.2, 0.25) is 0 Å². The summed E-state index contributed by atoms with van der Waals surface area (Å²) in [7, 11) is 0. The summed E-state index contributed by atoms with van der Waals surface area (Å²) < 4.78 is 20.0. The highest BCUT2D eigenvalue weighted by atomic mass is 19.1. The van der Waals surface area contributed by atoms with Crippen LogP contribution in [0.2, 0.25) is 0 Å². The van der Waals surface area contributed by atoms with E-state index in [2.05, 4.69) is 4.98 Å². The van der Waals surface area contributed by atoms with E-state index in [4.69, 9.17) is 4.74 Å². The van der Waals surface area contributed by atoms with Crippen molar-refractivity contribution in [2.24, 2.45) is 0 Å². The number of nitrogens with zero attached hydrogens (tertiary/aromatic N) is 3. The number of ether oxygens (including phenoxy) is 1. The van der Waals surface area contributed by atoms with Crippen LogP contribution < -0.4 is 0 Å². The molecule has 7 nitrogen and oxygen atoms in total. The molecule has 126 valence electrons. The second-order valence-electron chi connectivity index (χ2n) is 5.13. The van der Waals surface area contributed by atoms with Gasteiger partial charge in [-0.05, 0) is 24.0 Å². The number of aromatic nitrogens is 2. The number of carbonyl (C=O) groups excluding carboxylic acids is 1. The molecule has 0 aliphatic heterocycles. The Morgan fingerprint density at radius 3 is 2.88 bits per heavy atom. The molecule has 2 aromatic rings. The van der Waals surface area contributed by atoms with Gasteiger partial charge in [-0.3, -0.25) is 0 Å². The highest BCUT2D eigenvalue weighted by Gasteiger charge is 2.21. The number of aryl methyl sites for hydroxylation is 1. The van der Waals surface area contributed by atoms with E-state index in [-0.39, 0.29) is 17.9 Å².